The first-order valence-corrected chi connectivity index (χ1v) is 4.15. The summed E-state index contributed by atoms with van der Waals surface area (Å²) in [5.41, 5.74) is 1.96. The maximum absolute atomic E-state index is 4.15. The molecular weight excluding hydrogens is 152 g/mol. The van der Waals surface area contributed by atoms with E-state index in [4.69, 9.17) is 0 Å². The molecule has 2 aromatic rings. The number of aromatic nitrogens is 4. The molecular formula is C8H14N4. The minimum absolute atomic E-state index is 0.797. The molecule has 0 bridgehead atoms. The van der Waals surface area contributed by atoms with Crippen molar-refractivity contribution < 1.29 is 0 Å². The van der Waals surface area contributed by atoms with E-state index in [0.29, 0.717) is 0 Å². The van der Waals surface area contributed by atoms with Gasteiger partial charge in [-0.3, -0.25) is 5.10 Å². The second-order valence-corrected chi connectivity index (χ2v) is 2.37. The zero-order valence-electron chi connectivity index (χ0n) is 7.92. The van der Waals surface area contributed by atoms with E-state index in [0.717, 1.165) is 17.2 Å². The summed E-state index contributed by atoms with van der Waals surface area (Å²) in [6, 6.07) is 1.96. The molecule has 4 heteroatoms. The Bertz CT molecular complexity index is 295. The Hall–Kier alpha value is -1.32. The van der Waals surface area contributed by atoms with E-state index in [-0.39, 0.29) is 0 Å². The van der Waals surface area contributed by atoms with Gasteiger partial charge in [-0.15, -0.1) is 5.10 Å². The first kappa shape index (κ1) is 8.77. The molecule has 0 spiro atoms. The first-order chi connectivity index (χ1) is 5.75. The zero-order valence-corrected chi connectivity index (χ0v) is 7.92. The van der Waals surface area contributed by atoms with Gasteiger partial charge in [-0.2, -0.15) is 4.63 Å². The molecule has 0 aliphatic carbocycles. The molecule has 1 N–H and O–H groups in total. The maximum Gasteiger partial charge on any atom is 0.175 e. The van der Waals surface area contributed by atoms with Crippen molar-refractivity contribution >= 4 is 5.65 Å². The molecule has 2 aromatic heterocycles. The van der Waals surface area contributed by atoms with Gasteiger partial charge in [0.25, 0.3) is 0 Å². The highest BCUT2D eigenvalue weighted by Crippen LogP contribution is 2.00. The molecule has 0 saturated heterocycles. The van der Waals surface area contributed by atoms with Gasteiger partial charge in [-0.05, 0) is 13.8 Å². The van der Waals surface area contributed by atoms with Crippen LogP contribution >= 0.6 is 0 Å². The minimum atomic E-state index is 0.797. The number of fused-ring (bicyclic) bond motifs is 1. The molecule has 2 heterocycles. The van der Waals surface area contributed by atoms with Crippen molar-refractivity contribution in [2.24, 2.45) is 0 Å². The monoisotopic (exact) mass is 166 g/mol. The highest BCUT2D eigenvalue weighted by molar-refractivity contribution is 5.37. The van der Waals surface area contributed by atoms with Crippen LogP contribution in [0.2, 0.25) is 0 Å². The van der Waals surface area contributed by atoms with E-state index in [9.17, 15) is 0 Å². The molecule has 0 unspecified atom stereocenters. The van der Waals surface area contributed by atoms with Crippen LogP contribution in [0.25, 0.3) is 5.65 Å². The van der Waals surface area contributed by atoms with Crippen LogP contribution in [0.5, 0.6) is 0 Å². The number of rotatable bonds is 0. The molecule has 0 fully saturated rings. The summed E-state index contributed by atoms with van der Waals surface area (Å²) in [5, 5.41) is 7.11. The molecule has 0 radical (unpaired) electrons. The molecule has 4 nitrogen and oxygen atoms in total. The Balaban J connectivity index is 0.000000336. The Morgan fingerprint density at radius 3 is 2.58 bits per heavy atom. The first-order valence-electron chi connectivity index (χ1n) is 4.15. The average Bonchev–Trinajstić information content (AvgIpc) is 2.48. The van der Waals surface area contributed by atoms with Crippen LogP contribution in [0, 0.1) is 13.8 Å². The Morgan fingerprint density at radius 1 is 1.33 bits per heavy atom. The predicted molar refractivity (Wildman–Crippen MR) is 48.2 cm³/mol. The molecule has 0 atom stereocenters. The number of hydrogen-bond acceptors (Lipinski definition) is 2. The Labute approximate surface area is 71.6 Å². The fourth-order valence-electron chi connectivity index (χ4n) is 1.00. The third-order valence-electron chi connectivity index (χ3n) is 1.37. The van der Waals surface area contributed by atoms with Crippen LogP contribution in [0.4, 0.5) is 0 Å². The lowest BCUT2D eigenvalue weighted by Gasteiger charge is -1.78. The van der Waals surface area contributed by atoms with E-state index in [2.05, 4.69) is 15.2 Å². The molecule has 66 valence electrons. The summed E-state index contributed by atoms with van der Waals surface area (Å²) < 4.78 is 1.67. The van der Waals surface area contributed by atoms with E-state index in [1.165, 1.54) is 0 Å². The van der Waals surface area contributed by atoms with Gasteiger partial charge in [0.2, 0.25) is 0 Å². The van der Waals surface area contributed by atoms with Crippen molar-refractivity contribution in [2.45, 2.75) is 27.7 Å². The van der Waals surface area contributed by atoms with Crippen LogP contribution in [0.15, 0.2) is 6.07 Å². The Kier molecular flexibility index (Phi) is 2.47. The Morgan fingerprint density at radius 2 is 2.00 bits per heavy atom. The number of hydrogen-bond donors (Lipinski definition) is 1. The standard InChI is InChI=1S/C6H8N4.C2H6/c1-4-3-6-7-5(2)9-10(6)8-4;1-2/h3,8H,1-2H3;1-2H3. The van der Waals surface area contributed by atoms with Gasteiger partial charge in [-0.1, -0.05) is 13.8 Å². The van der Waals surface area contributed by atoms with Gasteiger partial charge in [0.05, 0.1) is 0 Å². The van der Waals surface area contributed by atoms with Crippen molar-refractivity contribution in [2.75, 3.05) is 0 Å². The molecule has 0 aliphatic rings. The second kappa shape index (κ2) is 3.38. The second-order valence-electron chi connectivity index (χ2n) is 2.37. The normalized spacial score (nSPS) is 9.67. The van der Waals surface area contributed by atoms with Crippen molar-refractivity contribution in [3.8, 4) is 0 Å². The van der Waals surface area contributed by atoms with Crippen molar-refractivity contribution in [3.63, 3.8) is 0 Å². The van der Waals surface area contributed by atoms with Gasteiger partial charge in [0, 0.05) is 11.8 Å². The largest absolute Gasteiger partial charge is 0.281 e. The fraction of sp³-hybridized carbons (Fsp3) is 0.500. The number of aryl methyl sites for hydroxylation is 2. The molecule has 0 aromatic carbocycles. The summed E-state index contributed by atoms with van der Waals surface area (Å²) in [7, 11) is 0. The van der Waals surface area contributed by atoms with Crippen molar-refractivity contribution in [1.82, 2.24) is 19.8 Å². The van der Waals surface area contributed by atoms with Crippen molar-refractivity contribution in [3.05, 3.63) is 17.6 Å². The van der Waals surface area contributed by atoms with Gasteiger partial charge in [0.1, 0.15) is 5.82 Å². The average molecular weight is 166 g/mol. The maximum atomic E-state index is 4.15. The highest BCUT2D eigenvalue weighted by atomic mass is 15.5. The molecule has 0 amide bonds. The number of nitrogens with one attached hydrogen (secondary N) is 1. The lowest BCUT2D eigenvalue weighted by Crippen LogP contribution is -1.86. The quantitative estimate of drug-likeness (QED) is 0.647. The fourth-order valence-corrected chi connectivity index (χ4v) is 1.00. The van der Waals surface area contributed by atoms with E-state index < -0.39 is 0 Å². The third kappa shape index (κ3) is 1.47. The smallest absolute Gasteiger partial charge is 0.175 e. The lowest BCUT2D eigenvalue weighted by molar-refractivity contribution is 0.793. The zero-order chi connectivity index (χ0) is 9.14. The van der Waals surface area contributed by atoms with Gasteiger partial charge >= 0.3 is 0 Å². The molecule has 0 aliphatic heterocycles. The van der Waals surface area contributed by atoms with Gasteiger partial charge < -0.3 is 0 Å². The number of nitrogens with zero attached hydrogens (tertiary/aromatic N) is 3. The third-order valence-corrected chi connectivity index (χ3v) is 1.37. The SMILES string of the molecule is CC.Cc1nc2cc(C)[nH]n2n1. The summed E-state index contributed by atoms with van der Waals surface area (Å²) in [6.07, 6.45) is 0. The summed E-state index contributed by atoms with van der Waals surface area (Å²) in [6.45, 7) is 7.85. The van der Waals surface area contributed by atoms with Gasteiger partial charge in [-0.25, -0.2) is 4.98 Å². The molecule has 12 heavy (non-hydrogen) atoms. The van der Waals surface area contributed by atoms with Crippen LogP contribution in [-0.2, 0) is 0 Å². The summed E-state index contributed by atoms with van der Waals surface area (Å²) in [4.78, 5) is 4.15. The summed E-state index contributed by atoms with van der Waals surface area (Å²) in [5.74, 6) is 0.797. The molecule has 0 saturated carbocycles. The van der Waals surface area contributed by atoms with Crippen molar-refractivity contribution in [1.29, 1.82) is 0 Å². The molecule has 2 rings (SSSR count). The topological polar surface area (TPSA) is 46.0 Å². The summed E-state index contributed by atoms with van der Waals surface area (Å²) >= 11 is 0. The number of H-pyrrole nitrogens is 1. The number of aromatic amines is 1. The predicted octanol–water partition coefficient (Wildman–Crippen LogP) is 1.70. The van der Waals surface area contributed by atoms with Crippen LogP contribution in [0.3, 0.4) is 0 Å². The van der Waals surface area contributed by atoms with Crippen LogP contribution < -0.4 is 0 Å². The van der Waals surface area contributed by atoms with Crippen LogP contribution in [-0.4, -0.2) is 19.8 Å². The van der Waals surface area contributed by atoms with Crippen LogP contribution in [0.1, 0.15) is 25.4 Å². The van der Waals surface area contributed by atoms with E-state index in [1.807, 2.05) is 33.8 Å². The lowest BCUT2D eigenvalue weighted by atomic mass is 10.5. The van der Waals surface area contributed by atoms with Gasteiger partial charge in [0.15, 0.2) is 5.65 Å². The minimum Gasteiger partial charge on any atom is -0.281 e. The highest BCUT2D eigenvalue weighted by Gasteiger charge is 1.99. The van der Waals surface area contributed by atoms with E-state index in [1.54, 1.807) is 4.63 Å². The van der Waals surface area contributed by atoms with E-state index >= 15 is 0 Å².